The Morgan fingerprint density at radius 2 is 1.32 bits per heavy atom. The van der Waals surface area contributed by atoms with Crippen molar-refractivity contribution in [2.75, 3.05) is 31.8 Å². The summed E-state index contributed by atoms with van der Waals surface area (Å²) in [5.74, 6) is 0. The standard InChI is InChI=1S/C8H11P.C6H4Cl.C6H15P.BrH.Ni/c1-9(2)8-6-4-3-5-7-8;7-6-4-2-1-3-5-6;1-4-7(5-2)6-3;;/h3-7H,1-2H3;2-5H;4-6H2,1-3H3;1H;/q;;;;-1/p+1. The average Bonchev–Trinajstić information content (AvgIpc) is 2.64. The number of hydrogen-bond donors (Lipinski definition) is 0. The summed E-state index contributed by atoms with van der Waals surface area (Å²) < 4.78 is 1.52. The van der Waals surface area contributed by atoms with Crippen molar-refractivity contribution >= 4 is 47.7 Å². The van der Waals surface area contributed by atoms with Crippen LogP contribution >= 0.6 is 37.9 Å². The number of halogens is 2. The molecule has 0 saturated heterocycles. The Bertz CT molecular complexity index is 678. The van der Waals surface area contributed by atoms with Gasteiger partial charge in [-0.05, 0) is 0 Å². The van der Waals surface area contributed by atoms with E-state index in [9.17, 15) is 0 Å². The Morgan fingerprint density at radius 1 is 0.840 bits per heavy atom. The molecule has 5 heteroatoms. The van der Waals surface area contributed by atoms with Crippen molar-refractivity contribution in [2.45, 2.75) is 20.8 Å². The first-order chi connectivity index (χ1) is 11.8. The number of benzene rings is 2. The summed E-state index contributed by atoms with van der Waals surface area (Å²) in [6.45, 7) is 12.4. The third-order valence-corrected chi connectivity index (χ3v) is 53.5. The summed E-state index contributed by atoms with van der Waals surface area (Å²) in [5, 5.41) is 2.39. The molecule has 0 aliphatic rings. The molecule has 2 aromatic rings. The fraction of sp³-hybridized carbons (Fsp3) is 0.400. The van der Waals surface area contributed by atoms with E-state index in [2.05, 4.69) is 103 Å². The molecule has 0 nitrogen and oxygen atoms in total. The van der Waals surface area contributed by atoms with Crippen LogP contribution in [0.2, 0.25) is 5.02 Å². The van der Waals surface area contributed by atoms with Crippen molar-refractivity contribution in [1.82, 2.24) is 0 Å². The van der Waals surface area contributed by atoms with Crippen molar-refractivity contribution in [3.05, 3.63) is 59.6 Å². The predicted octanol–water partition coefficient (Wildman–Crippen LogP) is 6.40. The van der Waals surface area contributed by atoms with Crippen LogP contribution in [0.4, 0.5) is 0 Å². The normalized spacial score (nSPS) is 17.6. The number of hydrogen-bond acceptors (Lipinski definition) is 0. The molecular formula is C20H32BrClNiP2. The van der Waals surface area contributed by atoms with E-state index in [1.165, 1.54) is 23.0 Å². The molecule has 1 unspecified atom stereocenters. The third kappa shape index (κ3) is 3.77. The third-order valence-electron chi connectivity index (χ3n) is 5.32. The van der Waals surface area contributed by atoms with Crippen molar-refractivity contribution in [1.29, 1.82) is 0 Å². The van der Waals surface area contributed by atoms with Gasteiger partial charge in [-0.2, -0.15) is 0 Å². The van der Waals surface area contributed by atoms with E-state index in [0.717, 1.165) is 5.02 Å². The SMILES string of the molecule is CC[PH](CC)(CC)[Ni]([Br])([c]1ccc(Cl)cc1)[PH](C)(C)c1ccccc1. The van der Waals surface area contributed by atoms with Gasteiger partial charge in [-0.25, -0.2) is 0 Å². The second-order valence-electron chi connectivity index (χ2n) is 6.72. The van der Waals surface area contributed by atoms with Gasteiger partial charge in [0.15, 0.2) is 0 Å². The Kier molecular flexibility index (Phi) is 7.62. The Labute approximate surface area is 168 Å². The van der Waals surface area contributed by atoms with Crippen molar-refractivity contribution in [3.63, 3.8) is 0 Å². The summed E-state index contributed by atoms with van der Waals surface area (Å²) in [7, 11) is -1.23. The minimum absolute atomic E-state index is 0.829. The molecule has 0 heterocycles. The molecule has 0 aliphatic carbocycles. The van der Waals surface area contributed by atoms with Gasteiger partial charge in [0, 0.05) is 0 Å². The monoisotopic (exact) mass is 506 g/mol. The molecule has 0 bridgehead atoms. The van der Waals surface area contributed by atoms with Gasteiger partial charge in [-0.1, -0.05) is 0 Å². The van der Waals surface area contributed by atoms with Crippen LogP contribution in [0.3, 0.4) is 0 Å². The van der Waals surface area contributed by atoms with Crippen LogP contribution in [0.5, 0.6) is 0 Å². The maximum atomic E-state index is 6.23. The molecule has 0 saturated carbocycles. The van der Waals surface area contributed by atoms with Gasteiger partial charge in [0.05, 0.1) is 0 Å². The van der Waals surface area contributed by atoms with Crippen LogP contribution in [-0.4, -0.2) is 31.8 Å². The molecule has 1 atom stereocenters. The Balaban J connectivity index is 2.78. The molecule has 0 radical (unpaired) electrons. The molecule has 2 aromatic carbocycles. The maximum absolute atomic E-state index is 6.23. The zero-order valence-electron chi connectivity index (χ0n) is 15.9. The molecule has 0 N–H and O–H groups in total. The fourth-order valence-electron chi connectivity index (χ4n) is 3.57. The van der Waals surface area contributed by atoms with Crippen LogP contribution in [-0.2, 0) is 9.75 Å². The molecule has 25 heavy (non-hydrogen) atoms. The number of rotatable bonds is 7. The van der Waals surface area contributed by atoms with Gasteiger partial charge in [0.2, 0.25) is 0 Å². The summed E-state index contributed by atoms with van der Waals surface area (Å²) in [6.07, 6.45) is 3.99. The van der Waals surface area contributed by atoms with E-state index in [-0.39, 0.29) is 0 Å². The summed E-state index contributed by atoms with van der Waals surface area (Å²) in [4.78, 5) is 0. The van der Waals surface area contributed by atoms with E-state index in [0.29, 0.717) is 0 Å². The van der Waals surface area contributed by atoms with E-state index in [1.54, 1.807) is 5.30 Å². The second kappa shape index (κ2) is 8.71. The van der Waals surface area contributed by atoms with E-state index in [1.807, 2.05) is 0 Å². The van der Waals surface area contributed by atoms with Crippen LogP contribution in [0.15, 0.2) is 54.6 Å². The predicted molar refractivity (Wildman–Crippen MR) is 126 cm³/mol. The van der Waals surface area contributed by atoms with Crippen LogP contribution in [0, 0.1) is 0 Å². The topological polar surface area (TPSA) is 0 Å². The van der Waals surface area contributed by atoms with Crippen molar-refractivity contribution in [3.8, 4) is 0 Å². The quantitative estimate of drug-likeness (QED) is 0.300. The molecule has 146 valence electrons. The zero-order chi connectivity index (χ0) is 18.7. The Hall–Kier alpha value is 0.564. The minimum atomic E-state index is -1.76. The first-order valence-electron chi connectivity index (χ1n) is 8.95. The van der Waals surface area contributed by atoms with E-state index < -0.39 is 21.8 Å². The summed E-state index contributed by atoms with van der Waals surface area (Å²) >= 11 is 10.8. The Morgan fingerprint density at radius 3 is 1.76 bits per heavy atom. The summed E-state index contributed by atoms with van der Waals surface area (Å²) in [6, 6.07) is 16.7. The van der Waals surface area contributed by atoms with E-state index in [4.69, 9.17) is 11.6 Å². The molecule has 0 amide bonds. The van der Waals surface area contributed by atoms with Crippen LogP contribution < -0.4 is 9.84 Å². The summed E-state index contributed by atoms with van der Waals surface area (Å²) in [5.41, 5.74) is 0. The van der Waals surface area contributed by atoms with Gasteiger partial charge < -0.3 is 0 Å². The zero-order valence-corrected chi connectivity index (χ0v) is 21.2. The molecule has 0 aromatic heterocycles. The van der Waals surface area contributed by atoms with Crippen molar-refractivity contribution in [2.24, 2.45) is 0 Å². The van der Waals surface area contributed by atoms with Gasteiger partial charge in [0.25, 0.3) is 0 Å². The first kappa shape index (κ1) is 21.9. The van der Waals surface area contributed by atoms with Crippen LogP contribution in [0.1, 0.15) is 20.8 Å². The molecule has 2 rings (SSSR count). The fourth-order valence-corrected chi connectivity index (χ4v) is 49.1. The van der Waals surface area contributed by atoms with Crippen molar-refractivity contribution < 1.29 is 9.75 Å². The molecule has 0 fully saturated rings. The molecule has 0 spiro atoms. The molecular weight excluding hydrogens is 476 g/mol. The van der Waals surface area contributed by atoms with Gasteiger partial charge in [-0.15, -0.1) is 0 Å². The first-order valence-corrected chi connectivity index (χ1v) is 20.5. The second-order valence-corrected chi connectivity index (χ2v) is 35.7. The van der Waals surface area contributed by atoms with Crippen LogP contribution in [0.25, 0.3) is 0 Å². The van der Waals surface area contributed by atoms with Gasteiger partial charge in [0.1, 0.15) is 0 Å². The van der Waals surface area contributed by atoms with E-state index >= 15 is 0 Å². The average molecular weight is 508 g/mol. The molecule has 0 aliphatic heterocycles. The van der Waals surface area contributed by atoms with Gasteiger partial charge >= 0.3 is 170 Å². The van der Waals surface area contributed by atoms with Gasteiger partial charge in [-0.3, -0.25) is 0 Å².